The van der Waals surface area contributed by atoms with E-state index in [1.807, 2.05) is 0 Å². The Kier molecular flexibility index (Phi) is 6.41. The molecule has 3 heteroatoms. The van der Waals surface area contributed by atoms with Crippen LogP contribution < -0.4 is 5.32 Å². The van der Waals surface area contributed by atoms with Crippen molar-refractivity contribution in [2.45, 2.75) is 52.9 Å². The molecule has 18 heavy (non-hydrogen) atoms. The first-order valence-corrected chi connectivity index (χ1v) is 7.70. The van der Waals surface area contributed by atoms with Gasteiger partial charge in [-0.25, -0.2) is 0 Å². The monoisotopic (exact) mass is 267 g/mol. The normalized spacial score (nSPS) is 11.5. The Morgan fingerprint density at radius 3 is 2.78 bits per heavy atom. The molecule has 0 unspecified atom stereocenters. The third-order valence-electron chi connectivity index (χ3n) is 3.23. The molecule has 0 fully saturated rings. The summed E-state index contributed by atoms with van der Waals surface area (Å²) in [5.41, 5.74) is 0.292. The molecule has 1 aromatic rings. The van der Waals surface area contributed by atoms with E-state index in [0.717, 1.165) is 19.4 Å². The Morgan fingerprint density at radius 1 is 1.39 bits per heavy atom. The first-order chi connectivity index (χ1) is 8.53. The summed E-state index contributed by atoms with van der Waals surface area (Å²) in [6, 6.07) is 4.16. The molecule has 0 atom stereocenters. The number of hydrogen-bond acceptors (Lipinski definition) is 2. The number of carbonyl (C=O) groups is 1. The highest BCUT2D eigenvalue weighted by molar-refractivity contribution is 7.09. The summed E-state index contributed by atoms with van der Waals surface area (Å²) in [6.45, 7) is 7.45. The third-order valence-corrected chi connectivity index (χ3v) is 4.17. The number of amides is 1. The van der Waals surface area contributed by atoms with Crippen LogP contribution in [-0.4, -0.2) is 12.5 Å². The summed E-state index contributed by atoms with van der Waals surface area (Å²) in [7, 11) is 0. The summed E-state index contributed by atoms with van der Waals surface area (Å²) in [4.78, 5) is 13.0. The lowest BCUT2D eigenvalue weighted by Gasteiger charge is -2.23. The summed E-state index contributed by atoms with van der Waals surface area (Å²) in [5, 5.41) is 5.08. The van der Waals surface area contributed by atoms with Crippen LogP contribution in [0.5, 0.6) is 0 Å². The van der Waals surface area contributed by atoms with E-state index in [1.54, 1.807) is 11.3 Å². The van der Waals surface area contributed by atoms with Gasteiger partial charge in [0.05, 0.1) is 0 Å². The average Bonchev–Trinajstić information content (AvgIpc) is 2.79. The molecule has 0 aliphatic rings. The van der Waals surface area contributed by atoms with Crippen LogP contribution in [0.4, 0.5) is 0 Å². The molecule has 1 heterocycles. The van der Waals surface area contributed by atoms with Crippen LogP contribution in [0.1, 0.15) is 51.3 Å². The van der Waals surface area contributed by atoms with Gasteiger partial charge in [-0.15, -0.1) is 11.3 Å². The standard InChI is InChI=1S/C15H25NOS/c1-4-9-15(2,3)10-7-14(17)16-11-8-13-6-5-12-18-13/h5-6,12H,4,7-11H2,1-3H3,(H,16,17). The van der Waals surface area contributed by atoms with E-state index in [-0.39, 0.29) is 5.91 Å². The number of rotatable bonds is 8. The van der Waals surface area contributed by atoms with Crippen LogP contribution in [0.3, 0.4) is 0 Å². The minimum atomic E-state index is 0.190. The second kappa shape index (κ2) is 7.57. The van der Waals surface area contributed by atoms with Crippen molar-refractivity contribution in [3.8, 4) is 0 Å². The summed E-state index contributed by atoms with van der Waals surface area (Å²) < 4.78 is 0. The van der Waals surface area contributed by atoms with Crippen molar-refractivity contribution in [3.05, 3.63) is 22.4 Å². The van der Waals surface area contributed by atoms with Crippen molar-refractivity contribution >= 4 is 17.2 Å². The molecule has 0 saturated heterocycles. The topological polar surface area (TPSA) is 29.1 Å². The van der Waals surface area contributed by atoms with Crippen LogP contribution in [0.15, 0.2) is 17.5 Å². The van der Waals surface area contributed by atoms with Gasteiger partial charge in [0.1, 0.15) is 0 Å². The molecule has 1 N–H and O–H groups in total. The van der Waals surface area contributed by atoms with Gasteiger partial charge < -0.3 is 5.32 Å². The zero-order valence-electron chi connectivity index (χ0n) is 11.8. The van der Waals surface area contributed by atoms with Gasteiger partial charge in [-0.1, -0.05) is 33.3 Å². The lowest BCUT2D eigenvalue weighted by molar-refractivity contribution is -0.121. The fourth-order valence-corrected chi connectivity index (χ4v) is 2.83. The van der Waals surface area contributed by atoms with Gasteiger partial charge in [-0.3, -0.25) is 4.79 Å². The molecule has 0 saturated carbocycles. The SMILES string of the molecule is CCCC(C)(C)CCC(=O)NCCc1cccs1. The molecule has 1 aromatic heterocycles. The molecule has 0 radical (unpaired) electrons. The van der Waals surface area contributed by atoms with E-state index in [9.17, 15) is 4.79 Å². The molecule has 0 bridgehead atoms. The van der Waals surface area contributed by atoms with Crippen molar-refractivity contribution in [1.82, 2.24) is 5.32 Å². The smallest absolute Gasteiger partial charge is 0.220 e. The van der Waals surface area contributed by atoms with Crippen molar-refractivity contribution in [2.75, 3.05) is 6.54 Å². The zero-order chi connectivity index (χ0) is 13.4. The predicted molar refractivity (Wildman–Crippen MR) is 79.0 cm³/mol. The Labute approximate surface area is 115 Å². The summed E-state index contributed by atoms with van der Waals surface area (Å²) in [5.74, 6) is 0.190. The van der Waals surface area contributed by atoms with Gasteiger partial charge in [-0.05, 0) is 36.1 Å². The Morgan fingerprint density at radius 2 is 2.17 bits per heavy atom. The average molecular weight is 267 g/mol. The highest BCUT2D eigenvalue weighted by atomic mass is 32.1. The molecule has 1 rings (SSSR count). The molecule has 0 aromatic carbocycles. The van der Waals surface area contributed by atoms with Crippen molar-refractivity contribution in [1.29, 1.82) is 0 Å². The van der Waals surface area contributed by atoms with E-state index in [2.05, 4.69) is 43.6 Å². The fourth-order valence-electron chi connectivity index (χ4n) is 2.12. The minimum absolute atomic E-state index is 0.190. The molecule has 102 valence electrons. The zero-order valence-corrected chi connectivity index (χ0v) is 12.6. The van der Waals surface area contributed by atoms with Gasteiger partial charge in [0.2, 0.25) is 5.91 Å². The minimum Gasteiger partial charge on any atom is -0.356 e. The first-order valence-electron chi connectivity index (χ1n) is 6.82. The highest BCUT2D eigenvalue weighted by Gasteiger charge is 2.17. The van der Waals surface area contributed by atoms with Crippen LogP contribution in [0, 0.1) is 5.41 Å². The second-order valence-electron chi connectivity index (χ2n) is 5.59. The Bertz CT molecular complexity index is 343. The number of nitrogens with one attached hydrogen (secondary N) is 1. The largest absolute Gasteiger partial charge is 0.356 e. The lowest BCUT2D eigenvalue weighted by Crippen LogP contribution is -2.26. The van der Waals surface area contributed by atoms with Gasteiger partial charge in [0.15, 0.2) is 0 Å². The molecule has 0 aliphatic carbocycles. The quantitative estimate of drug-likeness (QED) is 0.757. The van der Waals surface area contributed by atoms with E-state index in [0.29, 0.717) is 11.8 Å². The lowest BCUT2D eigenvalue weighted by atomic mass is 9.83. The maximum Gasteiger partial charge on any atom is 0.220 e. The Balaban J connectivity index is 2.14. The molecule has 0 spiro atoms. The van der Waals surface area contributed by atoms with Crippen LogP contribution >= 0.6 is 11.3 Å². The van der Waals surface area contributed by atoms with Gasteiger partial charge in [0, 0.05) is 17.8 Å². The highest BCUT2D eigenvalue weighted by Crippen LogP contribution is 2.27. The molecular weight excluding hydrogens is 242 g/mol. The van der Waals surface area contributed by atoms with Crippen molar-refractivity contribution < 1.29 is 4.79 Å². The first kappa shape index (κ1) is 15.2. The number of thiophene rings is 1. The second-order valence-corrected chi connectivity index (χ2v) is 6.63. The Hall–Kier alpha value is -0.830. The van der Waals surface area contributed by atoms with E-state index in [1.165, 1.54) is 17.7 Å². The van der Waals surface area contributed by atoms with Crippen LogP contribution in [0.2, 0.25) is 0 Å². The summed E-state index contributed by atoms with van der Waals surface area (Å²) >= 11 is 1.75. The molecular formula is C15H25NOS. The van der Waals surface area contributed by atoms with Crippen LogP contribution in [-0.2, 0) is 11.2 Å². The molecule has 1 amide bonds. The van der Waals surface area contributed by atoms with E-state index >= 15 is 0 Å². The van der Waals surface area contributed by atoms with Gasteiger partial charge >= 0.3 is 0 Å². The molecule has 0 aliphatic heterocycles. The molecule has 2 nitrogen and oxygen atoms in total. The van der Waals surface area contributed by atoms with E-state index < -0.39 is 0 Å². The fraction of sp³-hybridized carbons (Fsp3) is 0.667. The van der Waals surface area contributed by atoms with Crippen LogP contribution in [0.25, 0.3) is 0 Å². The predicted octanol–water partition coefficient (Wildman–Crippen LogP) is 4.01. The third kappa shape index (κ3) is 6.20. The number of carbonyl (C=O) groups excluding carboxylic acids is 1. The van der Waals surface area contributed by atoms with Gasteiger partial charge in [-0.2, -0.15) is 0 Å². The maximum atomic E-state index is 11.7. The van der Waals surface area contributed by atoms with Crippen molar-refractivity contribution in [3.63, 3.8) is 0 Å². The van der Waals surface area contributed by atoms with E-state index in [4.69, 9.17) is 0 Å². The van der Waals surface area contributed by atoms with Crippen molar-refractivity contribution in [2.24, 2.45) is 5.41 Å². The van der Waals surface area contributed by atoms with Gasteiger partial charge in [0.25, 0.3) is 0 Å². The maximum absolute atomic E-state index is 11.7. The number of hydrogen-bond donors (Lipinski definition) is 1. The summed E-state index contributed by atoms with van der Waals surface area (Å²) in [6.07, 6.45) is 4.95.